The van der Waals surface area contributed by atoms with Gasteiger partial charge in [-0.05, 0) is 17.8 Å². The average molecular weight is 205 g/mol. The first-order chi connectivity index (χ1) is 6.44. The summed E-state index contributed by atoms with van der Waals surface area (Å²) in [6, 6.07) is 0. The van der Waals surface area contributed by atoms with Gasteiger partial charge in [0.2, 0.25) is 0 Å². The quantitative estimate of drug-likeness (QED) is 0.474. The molecule has 0 saturated heterocycles. The first-order valence-electron chi connectivity index (χ1n) is 5.06. The Labute approximate surface area is 85.7 Å². The predicted molar refractivity (Wildman–Crippen MR) is 55.7 cm³/mol. The summed E-state index contributed by atoms with van der Waals surface area (Å²) >= 11 is 0. The fraction of sp³-hybridized carbons (Fsp3) is 1.00. The van der Waals surface area contributed by atoms with Gasteiger partial charge in [0.1, 0.15) is 0 Å². The van der Waals surface area contributed by atoms with Gasteiger partial charge in [-0.1, -0.05) is 20.8 Å². The monoisotopic (exact) mass is 205 g/mol. The lowest BCUT2D eigenvalue weighted by atomic mass is 9.69. The molecule has 0 fully saturated rings. The van der Waals surface area contributed by atoms with Crippen molar-refractivity contribution in [3.05, 3.63) is 0 Å². The van der Waals surface area contributed by atoms with Crippen molar-refractivity contribution in [3.63, 3.8) is 0 Å². The summed E-state index contributed by atoms with van der Waals surface area (Å²) in [5, 5.41) is 27.3. The maximum atomic E-state index is 9.12. The van der Waals surface area contributed by atoms with Crippen LogP contribution in [0.4, 0.5) is 0 Å². The topological polar surface area (TPSA) is 86.7 Å². The molecule has 14 heavy (non-hydrogen) atoms. The van der Waals surface area contributed by atoms with E-state index in [0.29, 0.717) is 0 Å². The number of hydrogen-bond acceptors (Lipinski definition) is 4. The Bertz CT molecular complexity index is 137. The summed E-state index contributed by atoms with van der Waals surface area (Å²) in [7, 11) is 0. The molecular weight excluding hydrogens is 182 g/mol. The average Bonchev–Trinajstić information content (AvgIpc) is 2.24. The van der Waals surface area contributed by atoms with Crippen LogP contribution < -0.4 is 5.73 Å². The van der Waals surface area contributed by atoms with Gasteiger partial charge in [-0.25, -0.2) is 0 Å². The van der Waals surface area contributed by atoms with E-state index in [0.717, 1.165) is 0 Å². The van der Waals surface area contributed by atoms with Crippen LogP contribution in [0.3, 0.4) is 0 Å². The van der Waals surface area contributed by atoms with E-state index < -0.39 is 5.54 Å². The molecule has 4 nitrogen and oxygen atoms in total. The van der Waals surface area contributed by atoms with Crippen LogP contribution in [0.25, 0.3) is 0 Å². The highest BCUT2D eigenvalue weighted by atomic mass is 16.3. The van der Waals surface area contributed by atoms with Crippen molar-refractivity contribution >= 4 is 0 Å². The minimum absolute atomic E-state index is 0.0365. The zero-order valence-corrected chi connectivity index (χ0v) is 9.27. The molecule has 0 amide bonds. The van der Waals surface area contributed by atoms with Crippen molar-refractivity contribution in [3.8, 4) is 0 Å². The number of nitrogens with two attached hydrogens (primary N) is 1. The van der Waals surface area contributed by atoms with E-state index >= 15 is 0 Å². The molecule has 3 unspecified atom stereocenters. The van der Waals surface area contributed by atoms with E-state index in [2.05, 4.69) is 0 Å². The SMILES string of the molecule is CC(CO)C(N)(C(C)CO)C(C)CO. The Morgan fingerprint density at radius 1 is 0.857 bits per heavy atom. The Balaban J connectivity index is 4.83. The predicted octanol–water partition coefficient (Wildman–Crippen LogP) is -0.431. The summed E-state index contributed by atoms with van der Waals surface area (Å²) < 4.78 is 0. The van der Waals surface area contributed by atoms with Gasteiger partial charge in [-0.2, -0.15) is 0 Å². The number of hydrogen-bond donors (Lipinski definition) is 4. The van der Waals surface area contributed by atoms with Crippen molar-refractivity contribution in [2.45, 2.75) is 26.3 Å². The molecule has 0 aromatic rings. The molecule has 0 aliphatic rings. The van der Waals surface area contributed by atoms with E-state index in [1.807, 2.05) is 20.8 Å². The third-order valence-corrected chi connectivity index (χ3v) is 3.38. The molecular formula is C10H23NO3. The summed E-state index contributed by atoms with van der Waals surface area (Å²) in [6.45, 7) is 5.39. The highest BCUT2D eigenvalue weighted by molar-refractivity contribution is 4.97. The molecule has 4 heteroatoms. The summed E-state index contributed by atoms with van der Waals surface area (Å²) in [5.74, 6) is -0.439. The minimum Gasteiger partial charge on any atom is -0.396 e. The van der Waals surface area contributed by atoms with Crippen LogP contribution in [0.15, 0.2) is 0 Å². The van der Waals surface area contributed by atoms with Gasteiger partial charge in [-0.15, -0.1) is 0 Å². The molecule has 0 rings (SSSR count). The third-order valence-electron chi connectivity index (χ3n) is 3.38. The van der Waals surface area contributed by atoms with Crippen molar-refractivity contribution < 1.29 is 15.3 Å². The maximum absolute atomic E-state index is 9.12. The highest BCUT2D eigenvalue weighted by Gasteiger charge is 2.41. The first-order valence-corrected chi connectivity index (χ1v) is 5.06. The second-order valence-electron chi connectivity index (χ2n) is 4.25. The van der Waals surface area contributed by atoms with Crippen LogP contribution in [0.2, 0.25) is 0 Å². The number of aliphatic hydroxyl groups is 3. The van der Waals surface area contributed by atoms with Crippen LogP contribution in [-0.4, -0.2) is 40.7 Å². The molecule has 86 valence electrons. The lowest BCUT2D eigenvalue weighted by Crippen LogP contribution is -2.59. The summed E-state index contributed by atoms with van der Waals surface area (Å²) in [6.07, 6.45) is 0. The zero-order valence-electron chi connectivity index (χ0n) is 9.27. The van der Waals surface area contributed by atoms with Crippen LogP contribution in [0.1, 0.15) is 20.8 Å². The van der Waals surface area contributed by atoms with Gasteiger partial charge < -0.3 is 21.1 Å². The largest absolute Gasteiger partial charge is 0.396 e. The van der Waals surface area contributed by atoms with Crippen LogP contribution in [-0.2, 0) is 0 Å². The van der Waals surface area contributed by atoms with Gasteiger partial charge in [0.25, 0.3) is 0 Å². The Morgan fingerprint density at radius 3 is 1.21 bits per heavy atom. The van der Waals surface area contributed by atoms with Crippen LogP contribution in [0, 0.1) is 17.8 Å². The lowest BCUT2D eigenvalue weighted by Gasteiger charge is -2.43. The van der Waals surface area contributed by atoms with Gasteiger partial charge in [0.15, 0.2) is 0 Å². The van der Waals surface area contributed by atoms with Crippen molar-refractivity contribution in [1.82, 2.24) is 0 Å². The number of rotatable bonds is 6. The van der Waals surface area contributed by atoms with Crippen LogP contribution in [0.5, 0.6) is 0 Å². The molecule has 0 spiro atoms. The Kier molecular flexibility index (Phi) is 5.59. The molecule has 0 aromatic carbocycles. The fourth-order valence-corrected chi connectivity index (χ4v) is 1.93. The molecule has 0 aromatic heterocycles. The van der Waals surface area contributed by atoms with Gasteiger partial charge >= 0.3 is 0 Å². The zero-order chi connectivity index (χ0) is 11.4. The molecule has 0 bridgehead atoms. The smallest absolute Gasteiger partial charge is 0.0474 e. The summed E-state index contributed by atoms with van der Waals surface area (Å²) in [4.78, 5) is 0. The molecule has 0 saturated carbocycles. The third kappa shape index (κ3) is 2.45. The van der Waals surface area contributed by atoms with Crippen molar-refractivity contribution in [1.29, 1.82) is 0 Å². The van der Waals surface area contributed by atoms with E-state index in [4.69, 9.17) is 21.1 Å². The second-order valence-corrected chi connectivity index (χ2v) is 4.25. The fourth-order valence-electron chi connectivity index (χ4n) is 1.93. The second kappa shape index (κ2) is 5.66. The van der Waals surface area contributed by atoms with Crippen LogP contribution >= 0.6 is 0 Å². The van der Waals surface area contributed by atoms with Crippen molar-refractivity contribution in [2.24, 2.45) is 23.5 Å². The van der Waals surface area contributed by atoms with Gasteiger partial charge in [-0.3, -0.25) is 0 Å². The Morgan fingerprint density at radius 2 is 1.07 bits per heavy atom. The van der Waals surface area contributed by atoms with E-state index in [1.165, 1.54) is 0 Å². The van der Waals surface area contributed by atoms with Gasteiger partial charge in [0, 0.05) is 25.4 Å². The van der Waals surface area contributed by atoms with Crippen molar-refractivity contribution in [2.75, 3.05) is 19.8 Å². The van der Waals surface area contributed by atoms with E-state index in [9.17, 15) is 0 Å². The first kappa shape index (κ1) is 13.8. The Hall–Kier alpha value is -0.160. The molecule has 0 heterocycles. The normalized spacial score (nSPS) is 22.5. The molecule has 0 radical (unpaired) electrons. The van der Waals surface area contributed by atoms with Gasteiger partial charge in [0.05, 0.1) is 0 Å². The lowest BCUT2D eigenvalue weighted by molar-refractivity contribution is 0.0261. The molecule has 0 aliphatic heterocycles. The summed E-state index contributed by atoms with van der Waals surface area (Å²) in [5.41, 5.74) is 5.46. The number of aliphatic hydroxyl groups excluding tert-OH is 3. The molecule has 5 N–H and O–H groups in total. The maximum Gasteiger partial charge on any atom is 0.0474 e. The standard InChI is InChI=1S/C10H23NO3/c1-7(4-12)10(11,8(2)5-13)9(3)6-14/h7-9,12-14H,4-6,11H2,1-3H3. The highest BCUT2D eigenvalue weighted by Crippen LogP contribution is 2.31. The van der Waals surface area contributed by atoms with E-state index in [1.54, 1.807) is 0 Å². The minimum atomic E-state index is -0.724. The van der Waals surface area contributed by atoms with E-state index in [-0.39, 0.29) is 37.6 Å². The molecule has 3 atom stereocenters. The molecule has 0 aliphatic carbocycles.